The van der Waals surface area contributed by atoms with Gasteiger partial charge in [0.25, 0.3) is 0 Å². The van der Waals surface area contributed by atoms with Crippen LogP contribution in [0.3, 0.4) is 0 Å². The van der Waals surface area contributed by atoms with Gasteiger partial charge in [0.2, 0.25) is 0 Å². The Morgan fingerprint density at radius 2 is 1.46 bits per heavy atom. The number of aliphatic hydroxyl groups excluding tert-OH is 1. The number of rotatable bonds is 11. The molecule has 1 N–H and O–H groups in total. The zero-order valence-electron chi connectivity index (χ0n) is 36.8. The summed E-state index contributed by atoms with van der Waals surface area (Å²) >= 11 is 3.82. The summed E-state index contributed by atoms with van der Waals surface area (Å²) in [5.74, 6) is 0.945. The number of aromatic nitrogens is 1. The van der Waals surface area contributed by atoms with Crippen LogP contribution < -0.4 is 0 Å². The number of allylic oxidation sites excluding steroid dienone is 2. The summed E-state index contributed by atoms with van der Waals surface area (Å²) in [5, 5.41) is 13.9. The Labute approximate surface area is 364 Å². The van der Waals surface area contributed by atoms with Crippen molar-refractivity contribution in [2.45, 2.75) is 134 Å². The summed E-state index contributed by atoms with van der Waals surface area (Å²) in [6, 6.07) is 24.0. The first-order chi connectivity index (χ1) is 26.3. The number of nitrogens with zero attached hydrogens (tertiary/aromatic N) is 1. The normalized spacial score (nSPS) is 12.6. The second-order valence-corrected chi connectivity index (χ2v) is 20.2. The third-order valence-electron chi connectivity index (χ3n) is 12.5. The molecule has 3 heterocycles. The molecule has 307 valence electrons. The summed E-state index contributed by atoms with van der Waals surface area (Å²) in [6.07, 6.45) is 5.89. The van der Waals surface area contributed by atoms with E-state index in [1.54, 1.807) is 0 Å². The Hall–Kier alpha value is -3.15. The minimum atomic E-state index is -0.337. The van der Waals surface area contributed by atoms with E-state index >= 15 is 0 Å². The first-order valence-electron chi connectivity index (χ1n) is 20.6. The largest absolute Gasteiger partial charge is 0.512 e. The van der Waals surface area contributed by atoms with E-state index in [2.05, 4.69) is 116 Å². The third kappa shape index (κ3) is 9.67. The third-order valence-corrected chi connectivity index (χ3v) is 15.0. The number of thiophene rings is 2. The Kier molecular flexibility index (Phi) is 15.0. The van der Waals surface area contributed by atoms with Crippen LogP contribution in [0, 0.1) is 43.6 Å². The Bertz CT molecular complexity index is 2400. The molecule has 0 unspecified atom stereocenters. The number of hydrogen-bond acceptors (Lipinski definition) is 5. The van der Waals surface area contributed by atoms with Crippen molar-refractivity contribution in [3.05, 3.63) is 98.9 Å². The van der Waals surface area contributed by atoms with Crippen molar-refractivity contribution in [1.29, 1.82) is 0 Å². The summed E-state index contributed by atoms with van der Waals surface area (Å²) in [7, 11) is 0. The van der Waals surface area contributed by atoms with Gasteiger partial charge in [-0.3, -0.25) is 9.78 Å². The second kappa shape index (κ2) is 18.4. The van der Waals surface area contributed by atoms with Gasteiger partial charge in [-0.15, -0.1) is 51.8 Å². The molecule has 6 rings (SSSR count). The van der Waals surface area contributed by atoms with Crippen LogP contribution in [-0.2, 0) is 36.7 Å². The van der Waals surface area contributed by atoms with Gasteiger partial charge >= 0.3 is 0 Å². The van der Waals surface area contributed by atoms with Crippen LogP contribution in [-0.4, -0.2) is 15.9 Å². The maximum atomic E-state index is 12.2. The predicted molar refractivity (Wildman–Crippen MR) is 247 cm³/mol. The Morgan fingerprint density at radius 3 is 2.05 bits per heavy atom. The van der Waals surface area contributed by atoms with Crippen LogP contribution in [0.2, 0.25) is 0 Å². The van der Waals surface area contributed by atoms with Crippen molar-refractivity contribution in [2.75, 3.05) is 0 Å². The number of ketones is 1. The van der Waals surface area contributed by atoms with Crippen LogP contribution >= 0.6 is 22.7 Å². The molecule has 0 saturated carbocycles. The quantitative estimate of drug-likeness (QED) is 0.0799. The van der Waals surface area contributed by atoms with Gasteiger partial charge in [-0.05, 0) is 104 Å². The molecule has 6 heteroatoms. The average Bonchev–Trinajstić information content (AvgIpc) is 3.65. The van der Waals surface area contributed by atoms with E-state index in [0.717, 1.165) is 54.3 Å². The maximum absolute atomic E-state index is 12.2. The van der Waals surface area contributed by atoms with Crippen molar-refractivity contribution in [3.8, 4) is 22.4 Å². The number of carbonyl (C=O) groups is 1. The minimum Gasteiger partial charge on any atom is -0.512 e. The van der Waals surface area contributed by atoms with Crippen molar-refractivity contribution >= 4 is 59.5 Å². The van der Waals surface area contributed by atoms with Crippen LogP contribution in [0.25, 0.3) is 53.5 Å². The molecule has 0 bridgehead atoms. The van der Waals surface area contributed by atoms with Gasteiger partial charge in [-0.2, -0.15) is 0 Å². The van der Waals surface area contributed by atoms with Crippen LogP contribution in [0.15, 0.2) is 66.4 Å². The number of pyridine rings is 1. The van der Waals surface area contributed by atoms with Gasteiger partial charge in [0.1, 0.15) is 5.76 Å². The molecule has 0 spiro atoms. The molecule has 3 aromatic carbocycles. The fourth-order valence-corrected chi connectivity index (χ4v) is 9.86. The van der Waals surface area contributed by atoms with Crippen LogP contribution in [0.5, 0.6) is 0 Å². The summed E-state index contributed by atoms with van der Waals surface area (Å²) in [6.45, 7) is 30.3. The molecule has 0 amide bonds. The van der Waals surface area contributed by atoms with E-state index in [9.17, 15) is 9.90 Å². The molecular formula is C51H64IrNO2S2-. The van der Waals surface area contributed by atoms with Gasteiger partial charge in [-0.25, -0.2) is 0 Å². The molecule has 0 atom stereocenters. The monoisotopic (exact) mass is 979 g/mol. The molecule has 3 nitrogen and oxygen atoms in total. The molecule has 0 saturated heterocycles. The zero-order chi connectivity index (χ0) is 41.3. The van der Waals surface area contributed by atoms with Crippen molar-refractivity contribution < 1.29 is 30.0 Å². The Balaban J connectivity index is 0.000000341. The standard InChI is InChI=1S/C36H36NS2.C15H28O2.Ir/c1-20(2)15-33-22(4)28-17-25(13-14-32(28)39-33)29-19-31(37-34-21(3)23(5)38-35(29)34)26-16-24-11-9-10-12-27(24)30(18-26)36(6,7)8;1-7-14(5,8-2)12(16)11-13(17)15(6,9-3)10-4;/h9-14,17-20H,15H2,1-8H3;11,16H,7-10H2,1-6H3;/q-1;;/b;12-11-;. The maximum Gasteiger partial charge on any atom is 0.164 e. The molecular weight excluding hydrogens is 915 g/mol. The van der Waals surface area contributed by atoms with E-state index in [0.29, 0.717) is 5.92 Å². The average molecular weight is 979 g/mol. The van der Waals surface area contributed by atoms with Crippen LogP contribution in [0.4, 0.5) is 0 Å². The van der Waals surface area contributed by atoms with Crippen molar-refractivity contribution in [1.82, 2.24) is 4.98 Å². The van der Waals surface area contributed by atoms with E-state index in [1.807, 2.05) is 64.2 Å². The fourth-order valence-electron chi connectivity index (χ4n) is 7.32. The first-order valence-corrected chi connectivity index (χ1v) is 22.3. The molecule has 0 aliphatic rings. The number of fused-ring (bicyclic) bond motifs is 3. The summed E-state index contributed by atoms with van der Waals surface area (Å²) < 4.78 is 2.66. The first kappa shape index (κ1) is 46.5. The predicted octanol–water partition coefficient (Wildman–Crippen LogP) is 15.9. The van der Waals surface area contributed by atoms with Gasteiger partial charge in [0, 0.05) is 57.2 Å². The number of aliphatic hydroxyl groups is 1. The number of hydrogen-bond donors (Lipinski definition) is 1. The molecule has 0 aliphatic carbocycles. The minimum absolute atomic E-state index is 0. The fraction of sp³-hybridized carbons (Fsp3) is 0.451. The van der Waals surface area contributed by atoms with Gasteiger partial charge in [-0.1, -0.05) is 117 Å². The number of aryl methyl sites for hydroxylation is 3. The van der Waals surface area contributed by atoms with Gasteiger partial charge in [0.15, 0.2) is 5.78 Å². The Morgan fingerprint density at radius 1 is 0.825 bits per heavy atom. The van der Waals surface area contributed by atoms with Crippen molar-refractivity contribution in [3.63, 3.8) is 0 Å². The summed E-state index contributed by atoms with van der Waals surface area (Å²) in [5.41, 5.74) is 9.19. The SMILES string of the molecule is CCC(C)(CC)C(=O)/C=C(\O)C(C)(CC)CC.Cc1sc2c(-c3ccc4sc(CC(C)C)c(C)c4c3)cc(-c3[c-]c4ccccc4c(C(C)(C)C)c3)nc2c1C.[Ir]. The number of benzene rings is 3. The molecule has 57 heavy (non-hydrogen) atoms. The molecule has 6 aromatic rings. The second-order valence-electron chi connectivity index (χ2n) is 17.8. The molecule has 0 fully saturated rings. The topological polar surface area (TPSA) is 50.2 Å². The smallest absolute Gasteiger partial charge is 0.164 e. The molecule has 3 aromatic heterocycles. The van der Waals surface area contributed by atoms with Gasteiger partial charge < -0.3 is 5.11 Å². The summed E-state index contributed by atoms with van der Waals surface area (Å²) in [4.78, 5) is 20.3. The van der Waals surface area contributed by atoms with E-state index in [-0.39, 0.29) is 47.9 Å². The molecule has 1 radical (unpaired) electrons. The van der Waals surface area contributed by atoms with Gasteiger partial charge in [0.05, 0.1) is 10.2 Å². The van der Waals surface area contributed by atoms with E-state index < -0.39 is 0 Å². The van der Waals surface area contributed by atoms with E-state index in [1.165, 1.54) is 63.8 Å². The van der Waals surface area contributed by atoms with Crippen LogP contribution in [0.1, 0.15) is 128 Å². The zero-order valence-corrected chi connectivity index (χ0v) is 40.9. The molecule has 0 aliphatic heterocycles. The van der Waals surface area contributed by atoms with Crippen molar-refractivity contribution in [2.24, 2.45) is 16.7 Å². The number of carbonyl (C=O) groups excluding carboxylic acids is 1. The van der Waals surface area contributed by atoms with E-state index in [4.69, 9.17) is 4.98 Å².